The van der Waals surface area contributed by atoms with Crippen LogP contribution in [-0.4, -0.2) is 23.7 Å². The van der Waals surface area contributed by atoms with Crippen LogP contribution in [0.25, 0.3) is 0 Å². The standard InChI is InChI=1S/C14H22N2O2/c1-3-12(4-2)16-14(18)15-10-9-11-5-7-13(17)8-6-11/h5-8,12,17H,3-4,9-10H2,1-2H3,(H2,15,16,18). The highest BCUT2D eigenvalue weighted by molar-refractivity contribution is 5.74. The number of benzene rings is 1. The van der Waals surface area contributed by atoms with Crippen LogP contribution in [0.2, 0.25) is 0 Å². The fourth-order valence-electron chi connectivity index (χ4n) is 1.71. The molecule has 1 aromatic rings. The number of carbonyl (C=O) groups excluding carboxylic acids is 1. The maximum atomic E-state index is 11.6. The molecule has 0 atom stereocenters. The first-order valence-electron chi connectivity index (χ1n) is 6.48. The summed E-state index contributed by atoms with van der Waals surface area (Å²) < 4.78 is 0. The van der Waals surface area contributed by atoms with E-state index in [0.717, 1.165) is 24.8 Å². The quantitative estimate of drug-likeness (QED) is 0.726. The van der Waals surface area contributed by atoms with Gasteiger partial charge in [-0.25, -0.2) is 4.79 Å². The van der Waals surface area contributed by atoms with Gasteiger partial charge in [0.15, 0.2) is 0 Å². The Bertz CT molecular complexity index is 359. The van der Waals surface area contributed by atoms with Crippen molar-refractivity contribution in [3.05, 3.63) is 29.8 Å². The van der Waals surface area contributed by atoms with E-state index in [9.17, 15) is 4.79 Å². The SMILES string of the molecule is CCC(CC)NC(=O)NCCc1ccc(O)cc1. The van der Waals surface area contributed by atoms with Gasteiger partial charge in [-0.05, 0) is 37.0 Å². The normalized spacial score (nSPS) is 10.4. The lowest BCUT2D eigenvalue weighted by atomic mass is 10.1. The molecule has 4 nitrogen and oxygen atoms in total. The Hall–Kier alpha value is -1.71. The van der Waals surface area contributed by atoms with Crippen molar-refractivity contribution in [2.75, 3.05) is 6.54 Å². The van der Waals surface area contributed by atoms with E-state index in [-0.39, 0.29) is 17.8 Å². The Labute approximate surface area is 108 Å². The van der Waals surface area contributed by atoms with Crippen molar-refractivity contribution in [1.29, 1.82) is 0 Å². The van der Waals surface area contributed by atoms with E-state index in [1.165, 1.54) is 0 Å². The number of aromatic hydroxyl groups is 1. The summed E-state index contributed by atoms with van der Waals surface area (Å²) in [7, 11) is 0. The molecule has 18 heavy (non-hydrogen) atoms. The van der Waals surface area contributed by atoms with Gasteiger partial charge in [-0.2, -0.15) is 0 Å². The zero-order chi connectivity index (χ0) is 13.4. The summed E-state index contributed by atoms with van der Waals surface area (Å²) in [6.45, 7) is 4.71. The van der Waals surface area contributed by atoms with Gasteiger partial charge in [-0.1, -0.05) is 26.0 Å². The van der Waals surface area contributed by atoms with Crippen molar-refractivity contribution in [3.63, 3.8) is 0 Å². The fourth-order valence-corrected chi connectivity index (χ4v) is 1.71. The van der Waals surface area contributed by atoms with E-state index in [1.54, 1.807) is 12.1 Å². The van der Waals surface area contributed by atoms with Crippen LogP contribution in [0.15, 0.2) is 24.3 Å². The van der Waals surface area contributed by atoms with Gasteiger partial charge in [0.05, 0.1) is 0 Å². The molecule has 1 rings (SSSR count). The maximum absolute atomic E-state index is 11.6. The molecule has 0 aromatic heterocycles. The Balaban J connectivity index is 2.25. The predicted octanol–water partition coefficient (Wildman–Crippen LogP) is 2.42. The van der Waals surface area contributed by atoms with Crippen LogP contribution in [0.3, 0.4) is 0 Å². The molecule has 0 fully saturated rings. The van der Waals surface area contributed by atoms with Crippen molar-refractivity contribution in [3.8, 4) is 5.75 Å². The third-order valence-corrected chi connectivity index (χ3v) is 2.96. The van der Waals surface area contributed by atoms with Gasteiger partial charge in [-0.3, -0.25) is 0 Å². The van der Waals surface area contributed by atoms with Crippen molar-refractivity contribution in [1.82, 2.24) is 10.6 Å². The monoisotopic (exact) mass is 250 g/mol. The van der Waals surface area contributed by atoms with Crippen molar-refractivity contribution in [2.45, 2.75) is 39.2 Å². The Kier molecular flexibility index (Phi) is 6.05. The Morgan fingerprint density at radius 1 is 1.22 bits per heavy atom. The number of phenolic OH excluding ortho intramolecular Hbond substituents is 1. The zero-order valence-corrected chi connectivity index (χ0v) is 11.1. The third-order valence-electron chi connectivity index (χ3n) is 2.96. The fraction of sp³-hybridized carbons (Fsp3) is 0.500. The summed E-state index contributed by atoms with van der Waals surface area (Å²) in [5.74, 6) is 0.262. The topological polar surface area (TPSA) is 61.4 Å². The number of hydrogen-bond donors (Lipinski definition) is 3. The van der Waals surface area contributed by atoms with E-state index in [2.05, 4.69) is 24.5 Å². The smallest absolute Gasteiger partial charge is 0.315 e. The average Bonchev–Trinajstić information content (AvgIpc) is 2.38. The summed E-state index contributed by atoms with van der Waals surface area (Å²) in [5, 5.41) is 14.9. The lowest BCUT2D eigenvalue weighted by Crippen LogP contribution is -2.42. The van der Waals surface area contributed by atoms with Crippen LogP contribution < -0.4 is 10.6 Å². The molecule has 0 aliphatic carbocycles. The molecule has 0 spiro atoms. The summed E-state index contributed by atoms with van der Waals surface area (Å²) in [5.41, 5.74) is 1.09. The predicted molar refractivity (Wildman–Crippen MR) is 72.7 cm³/mol. The number of rotatable bonds is 6. The van der Waals surface area contributed by atoms with Crippen LogP contribution in [0.4, 0.5) is 4.79 Å². The summed E-state index contributed by atoms with van der Waals surface area (Å²) in [6.07, 6.45) is 2.65. The number of amides is 2. The molecule has 0 bridgehead atoms. The van der Waals surface area contributed by atoms with Crippen LogP contribution >= 0.6 is 0 Å². The molecule has 0 unspecified atom stereocenters. The molecule has 1 aromatic carbocycles. The van der Waals surface area contributed by atoms with Crippen LogP contribution in [0.1, 0.15) is 32.3 Å². The van der Waals surface area contributed by atoms with E-state index in [1.807, 2.05) is 12.1 Å². The van der Waals surface area contributed by atoms with Gasteiger partial charge < -0.3 is 15.7 Å². The first-order valence-corrected chi connectivity index (χ1v) is 6.48. The number of phenols is 1. The van der Waals surface area contributed by atoms with Gasteiger partial charge in [0.1, 0.15) is 5.75 Å². The average molecular weight is 250 g/mol. The van der Waals surface area contributed by atoms with E-state index < -0.39 is 0 Å². The van der Waals surface area contributed by atoms with Gasteiger partial charge in [0.2, 0.25) is 0 Å². The second-order valence-corrected chi connectivity index (χ2v) is 4.33. The minimum absolute atomic E-state index is 0.109. The molecular weight excluding hydrogens is 228 g/mol. The lowest BCUT2D eigenvalue weighted by Gasteiger charge is -2.15. The lowest BCUT2D eigenvalue weighted by molar-refractivity contribution is 0.236. The largest absolute Gasteiger partial charge is 0.508 e. The zero-order valence-electron chi connectivity index (χ0n) is 11.1. The van der Waals surface area contributed by atoms with Crippen LogP contribution in [0, 0.1) is 0 Å². The van der Waals surface area contributed by atoms with Crippen molar-refractivity contribution in [2.24, 2.45) is 0 Å². The molecule has 0 saturated carbocycles. The molecule has 3 N–H and O–H groups in total. The summed E-state index contributed by atoms with van der Waals surface area (Å²) in [4.78, 5) is 11.6. The van der Waals surface area contributed by atoms with E-state index >= 15 is 0 Å². The van der Waals surface area contributed by atoms with E-state index in [0.29, 0.717) is 6.54 Å². The number of urea groups is 1. The number of nitrogens with one attached hydrogen (secondary N) is 2. The first kappa shape index (κ1) is 14.4. The Morgan fingerprint density at radius 2 is 1.83 bits per heavy atom. The molecule has 0 aliphatic rings. The third kappa shape index (κ3) is 5.08. The summed E-state index contributed by atoms with van der Waals surface area (Å²) >= 11 is 0. The highest BCUT2D eigenvalue weighted by Gasteiger charge is 2.06. The molecule has 0 radical (unpaired) electrons. The maximum Gasteiger partial charge on any atom is 0.315 e. The molecule has 4 heteroatoms. The molecule has 0 heterocycles. The van der Waals surface area contributed by atoms with Crippen molar-refractivity contribution >= 4 is 6.03 Å². The van der Waals surface area contributed by atoms with Crippen LogP contribution in [-0.2, 0) is 6.42 Å². The first-order chi connectivity index (χ1) is 8.65. The van der Waals surface area contributed by atoms with Crippen molar-refractivity contribution < 1.29 is 9.90 Å². The van der Waals surface area contributed by atoms with Gasteiger partial charge in [0, 0.05) is 12.6 Å². The van der Waals surface area contributed by atoms with E-state index in [4.69, 9.17) is 5.11 Å². The van der Waals surface area contributed by atoms with Crippen LogP contribution in [0.5, 0.6) is 5.75 Å². The second-order valence-electron chi connectivity index (χ2n) is 4.33. The minimum atomic E-state index is -0.109. The molecule has 0 aliphatic heterocycles. The number of hydrogen-bond acceptors (Lipinski definition) is 2. The highest BCUT2D eigenvalue weighted by Crippen LogP contribution is 2.09. The van der Waals surface area contributed by atoms with Gasteiger partial charge >= 0.3 is 6.03 Å². The van der Waals surface area contributed by atoms with Gasteiger partial charge in [0.25, 0.3) is 0 Å². The Morgan fingerprint density at radius 3 is 2.39 bits per heavy atom. The van der Waals surface area contributed by atoms with Gasteiger partial charge in [-0.15, -0.1) is 0 Å². The molecule has 0 saturated heterocycles. The highest BCUT2D eigenvalue weighted by atomic mass is 16.3. The summed E-state index contributed by atoms with van der Waals surface area (Å²) in [6, 6.07) is 7.16. The minimum Gasteiger partial charge on any atom is -0.508 e. The molecule has 100 valence electrons. The second kappa shape index (κ2) is 7.58. The molecule has 2 amide bonds. The molecular formula is C14H22N2O2. The number of carbonyl (C=O) groups is 1.